The zero-order valence-electron chi connectivity index (χ0n) is 17.5. The Morgan fingerprint density at radius 3 is 1.48 bits per heavy atom. The second-order valence-electron chi connectivity index (χ2n) is 7.09. The van der Waals surface area contributed by atoms with Gasteiger partial charge in [0, 0.05) is 0 Å². The summed E-state index contributed by atoms with van der Waals surface area (Å²) in [4.78, 5) is 52.4. The predicted octanol–water partition coefficient (Wildman–Crippen LogP) is 3.02. The average Bonchev–Trinajstić information content (AvgIpc) is 3.09. The van der Waals surface area contributed by atoms with Crippen LogP contribution in [0.15, 0.2) is 84.9 Å². The first-order valence-electron chi connectivity index (χ1n) is 10.0. The molecular formula is C25H19NO7. The number of nitrogens with zero attached hydrogens (tertiary/aromatic N) is 1. The van der Waals surface area contributed by atoms with Gasteiger partial charge in [0.05, 0.1) is 23.9 Å². The standard InChI is InChI=1S/C25H19NO7/c1-31-19-14-12-18(13-15-19)26-22(27)20(32-24(29)16-8-4-2-5-9-16)21(23(26)28)33-25(30)17-10-6-3-7-11-17/h2-15,20-21H,1H3/t20-,21-/m0/s1. The molecule has 2 atom stereocenters. The van der Waals surface area contributed by atoms with Gasteiger partial charge in [-0.2, -0.15) is 0 Å². The first kappa shape index (κ1) is 21.8. The molecule has 0 saturated carbocycles. The average molecular weight is 445 g/mol. The van der Waals surface area contributed by atoms with Gasteiger partial charge in [0.2, 0.25) is 12.2 Å². The molecule has 1 aliphatic rings. The SMILES string of the molecule is COc1ccc(N2C(=O)[C@@H](OC(=O)c3ccccc3)[C@H](OC(=O)c3ccccc3)C2=O)cc1. The van der Waals surface area contributed by atoms with Crippen molar-refractivity contribution in [2.24, 2.45) is 0 Å². The number of imide groups is 1. The minimum Gasteiger partial charge on any atom is -0.497 e. The van der Waals surface area contributed by atoms with Crippen molar-refractivity contribution in [3.63, 3.8) is 0 Å². The Balaban J connectivity index is 1.65. The number of anilines is 1. The van der Waals surface area contributed by atoms with Gasteiger partial charge in [0.25, 0.3) is 11.8 Å². The van der Waals surface area contributed by atoms with Crippen LogP contribution in [0.4, 0.5) is 5.69 Å². The lowest BCUT2D eigenvalue weighted by atomic mass is 10.2. The number of rotatable bonds is 6. The Kier molecular flexibility index (Phi) is 6.17. The molecule has 0 aromatic heterocycles. The van der Waals surface area contributed by atoms with E-state index in [2.05, 4.69) is 0 Å². The number of hydrogen-bond donors (Lipinski definition) is 0. The van der Waals surface area contributed by atoms with Crippen LogP contribution in [0.5, 0.6) is 5.75 Å². The molecule has 0 bridgehead atoms. The van der Waals surface area contributed by atoms with Crippen molar-refractivity contribution >= 4 is 29.4 Å². The van der Waals surface area contributed by atoms with Crippen LogP contribution < -0.4 is 9.64 Å². The number of carbonyl (C=O) groups excluding carboxylic acids is 4. The fourth-order valence-corrected chi connectivity index (χ4v) is 3.35. The molecule has 4 rings (SSSR count). The molecular weight excluding hydrogens is 426 g/mol. The van der Waals surface area contributed by atoms with Crippen LogP contribution in [0.25, 0.3) is 0 Å². The molecule has 0 spiro atoms. The minimum absolute atomic E-state index is 0.189. The Morgan fingerprint density at radius 2 is 1.09 bits per heavy atom. The third-order valence-electron chi connectivity index (χ3n) is 5.02. The molecule has 0 N–H and O–H groups in total. The molecule has 3 aromatic rings. The normalized spacial score (nSPS) is 17.5. The Labute approximate surface area is 189 Å². The maximum Gasteiger partial charge on any atom is 0.339 e. The molecule has 0 unspecified atom stereocenters. The van der Waals surface area contributed by atoms with E-state index in [-0.39, 0.29) is 16.8 Å². The van der Waals surface area contributed by atoms with E-state index in [1.807, 2.05) is 0 Å². The van der Waals surface area contributed by atoms with E-state index in [1.54, 1.807) is 48.5 Å². The minimum atomic E-state index is -1.64. The molecule has 1 heterocycles. The number of hydrogen-bond acceptors (Lipinski definition) is 7. The van der Waals surface area contributed by atoms with Crippen LogP contribution in [0, 0.1) is 0 Å². The van der Waals surface area contributed by atoms with Crippen molar-refractivity contribution < 1.29 is 33.4 Å². The molecule has 1 saturated heterocycles. The van der Waals surface area contributed by atoms with E-state index in [4.69, 9.17) is 14.2 Å². The summed E-state index contributed by atoms with van der Waals surface area (Å²) in [5.41, 5.74) is 0.604. The maximum absolute atomic E-state index is 13.2. The van der Waals surface area contributed by atoms with Crippen LogP contribution in [0.3, 0.4) is 0 Å². The van der Waals surface area contributed by atoms with Crippen LogP contribution in [-0.4, -0.2) is 43.1 Å². The second-order valence-corrected chi connectivity index (χ2v) is 7.09. The van der Waals surface area contributed by atoms with Gasteiger partial charge >= 0.3 is 11.9 Å². The molecule has 166 valence electrons. The molecule has 3 aromatic carbocycles. The number of benzene rings is 3. The molecule has 1 fully saturated rings. The van der Waals surface area contributed by atoms with Gasteiger partial charge in [0.1, 0.15) is 5.75 Å². The number of esters is 2. The molecule has 8 heteroatoms. The van der Waals surface area contributed by atoms with E-state index in [9.17, 15) is 19.2 Å². The fraction of sp³-hybridized carbons (Fsp3) is 0.120. The lowest BCUT2D eigenvalue weighted by Gasteiger charge is -2.16. The monoisotopic (exact) mass is 445 g/mol. The zero-order valence-corrected chi connectivity index (χ0v) is 17.5. The van der Waals surface area contributed by atoms with Crippen molar-refractivity contribution in [2.45, 2.75) is 12.2 Å². The molecule has 0 aliphatic carbocycles. The first-order valence-corrected chi connectivity index (χ1v) is 10.0. The van der Waals surface area contributed by atoms with Crippen molar-refractivity contribution in [1.29, 1.82) is 0 Å². The summed E-state index contributed by atoms with van der Waals surface area (Å²) < 4.78 is 15.9. The molecule has 2 amide bonds. The van der Waals surface area contributed by atoms with Crippen molar-refractivity contribution in [3.8, 4) is 5.75 Å². The highest BCUT2D eigenvalue weighted by Gasteiger charge is 2.53. The smallest absolute Gasteiger partial charge is 0.339 e. The lowest BCUT2D eigenvalue weighted by molar-refractivity contribution is -0.130. The summed E-state index contributed by atoms with van der Waals surface area (Å²) >= 11 is 0. The number of methoxy groups -OCH3 is 1. The second kappa shape index (κ2) is 9.35. The van der Waals surface area contributed by atoms with Gasteiger partial charge in [-0.3, -0.25) is 9.59 Å². The van der Waals surface area contributed by atoms with Gasteiger partial charge in [-0.25, -0.2) is 14.5 Å². The van der Waals surface area contributed by atoms with Gasteiger partial charge in [-0.05, 0) is 48.5 Å². The van der Waals surface area contributed by atoms with Gasteiger partial charge in [0.15, 0.2) is 0 Å². The highest BCUT2D eigenvalue weighted by molar-refractivity contribution is 6.25. The summed E-state index contributed by atoms with van der Waals surface area (Å²) in [7, 11) is 1.49. The summed E-state index contributed by atoms with van der Waals surface area (Å²) in [6.45, 7) is 0. The fourth-order valence-electron chi connectivity index (χ4n) is 3.35. The lowest BCUT2D eigenvalue weighted by Crippen LogP contribution is -2.37. The highest BCUT2D eigenvalue weighted by Crippen LogP contribution is 2.29. The Hall–Kier alpha value is -4.46. The van der Waals surface area contributed by atoms with Gasteiger partial charge < -0.3 is 14.2 Å². The maximum atomic E-state index is 13.2. The largest absolute Gasteiger partial charge is 0.497 e. The predicted molar refractivity (Wildman–Crippen MR) is 117 cm³/mol. The summed E-state index contributed by atoms with van der Waals surface area (Å²) in [5.74, 6) is -2.75. The van der Waals surface area contributed by atoms with Crippen LogP contribution in [0.1, 0.15) is 20.7 Å². The third kappa shape index (κ3) is 4.45. The van der Waals surface area contributed by atoms with E-state index in [0.29, 0.717) is 5.75 Å². The van der Waals surface area contributed by atoms with Crippen LogP contribution in [-0.2, 0) is 19.1 Å². The molecule has 33 heavy (non-hydrogen) atoms. The Morgan fingerprint density at radius 1 is 0.667 bits per heavy atom. The first-order chi connectivity index (χ1) is 16.0. The summed E-state index contributed by atoms with van der Waals surface area (Å²) in [6, 6.07) is 22.2. The topological polar surface area (TPSA) is 99.2 Å². The van der Waals surface area contributed by atoms with Gasteiger partial charge in [-0.15, -0.1) is 0 Å². The third-order valence-corrected chi connectivity index (χ3v) is 5.02. The van der Waals surface area contributed by atoms with E-state index < -0.39 is 36.0 Å². The van der Waals surface area contributed by atoms with Crippen LogP contribution in [0.2, 0.25) is 0 Å². The van der Waals surface area contributed by atoms with E-state index in [1.165, 1.54) is 43.5 Å². The van der Waals surface area contributed by atoms with Crippen molar-refractivity contribution in [2.75, 3.05) is 12.0 Å². The van der Waals surface area contributed by atoms with Gasteiger partial charge in [-0.1, -0.05) is 36.4 Å². The van der Waals surface area contributed by atoms with Crippen molar-refractivity contribution in [1.82, 2.24) is 0 Å². The number of ether oxygens (including phenoxy) is 3. The van der Waals surface area contributed by atoms with Crippen LogP contribution >= 0.6 is 0 Å². The summed E-state index contributed by atoms with van der Waals surface area (Å²) in [5, 5.41) is 0. The molecule has 1 aliphatic heterocycles. The zero-order chi connectivity index (χ0) is 23.4. The Bertz CT molecular complexity index is 1100. The summed E-state index contributed by atoms with van der Waals surface area (Å²) in [6.07, 6.45) is -3.28. The quantitative estimate of drug-likeness (QED) is 0.425. The highest BCUT2D eigenvalue weighted by atomic mass is 16.6. The van der Waals surface area contributed by atoms with Crippen molar-refractivity contribution in [3.05, 3.63) is 96.1 Å². The molecule has 8 nitrogen and oxygen atoms in total. The van der Waals surface area contributed by atoms with E-state index >= 15 is 0 Å². The van der Waals surface area contributed by atoms with E-state index in [0.717, 1.165) is 4.90 Å². The molecule has 0 radical (unpaired) electrons. The number of carbonyl (C=O) groups is 4. The number of amides is 2.